The van der Waals surface area contributed by atoms with Crippen molar-refractivity contribution < 1.29 is 23.4 Å². The third kappa shape index (κ3) is 4.67. The van der Waals surface area contributed by atoms with Gasteiger partial charge in [-0.2, -0.15) is 0 Å². The van der Waals surface area contributed by atoms with Crippen molar-refractivity contribution in [2.75, 3.05) is 13.7 Å². The summed E-state index contributed by atoms with van der Waals surface area (Å²) >= 11 is 0. The molecule has 1 saturated heterocycles. The van der Waals surface area contributed by atoms with Gasteiger partial charge in [0.05, 0.1) is 6.61 Å². The fraction of sp³-hybridized carbons (Fsp3) is 0.458. The maximum atomic E-state index is 11.6. The molecular weight excluding hydrogens is 396 g/mol. The van der Waals surface area contributed by atoms with Gasteiger partial charge in [0.15, 0.2) is 6.29 Å². The summed E-state index contributed by atoms with van der Waals surface area (Å²) in [5.74, 6) is -0.323. The molecule has 5 nitrogen and oxygen atoms in total. The molecule has 30 heavy (non-hydrogen) atoms. The summed E-state index contributed by atoms with van der Waals surface area (Å²) in [5.41, 5.74) is 0. The Balaban J connectivity index is 1.98. The van der Waals surface area contributed by atoms with Crippen molar-refractivity contribution in [3.05, 3.63) is 60.7 Å². The molecule has 162 valence electrons. The summed E-state index contributed by atoms with van der Waals surface area (Å²) in [7, 11) is -1.08. The molecule has 1 aliphatic heterocycles. The monoisotopic (exact) mass is 428 g/mol. The average Bonchev–Trinajstić information content (AvgIpc) is 3.10. The van der Waals surface area contributed by atoms with Crippen LogP contribution in [0.25, 0.3) is 0 Å². The Hall–Kier alpha value is -1.99. The van der Waals surface area contributed by atoms with Crippen LogP contribution in [0.4, 0.5) is 0 Å². The number of rotatable bonds is 7. The lowest BCUT2D eigenvalue weighted by Gasteiger charge is -2.43. The SMILES string of the molecule is CO[C@H]1C[C@H](OC(C)=O)[C@@H](CO[Si](c2ccccc2)(c2ccccc2)C(C)(C)C)O1. The molecule has 6 heteroatoms. The molecule has 0 amide bonds. The number of carbonyl (C=O) groups excluding carboxylic acids is 1. The van der Waals surface area contributed by atoms with Crippen LogP contribution in [-0.4, -0.2) is 46.5 Å². The van der Waals surface area contributed by atoms with Gasteiger partial charge in [-0.25, -0.2) is 0 Å². The van der Waals surface area contributed by atoms with Crippen LogP contribution in [0, 0.1) is 0 Å². The molecule has 0 bridgehead atoms. The normalized spacial score (nSPS) is 22.1. The molecule has 1 heterocycles. The molecule has 2 aromatic rings. The van der Waals surface area contributed by atoms with Gasteiger partial charge in [-0.1, -0.05) is 81.4 Å². The summed E-state index contributed by atoms with van der Waals surface area (Å²) in [6.07, 6.45) is -0.654. The van der Waals surface area contributed by atoms with Gasteiger partial charge in [0.2, 0.25) is 0 Å². The van der Waals surface area contributed by atoms with Crippen LogP contribution < -0.4 is 10.4 Å². The van der Waals surface area contributed by atoms with E-state index in [4.69, 9.17) is 18.6 Å². The van der Waals surface area contributed by atoms with Crippen molar-refractivity contribution in [2.24, 2.45) is 0 Å². The minimum absolute atomic E-state index is 0.133. The lowest BCUT2D eigenvalue weighted by atomic mass is 10.2. The number of methoxy groups -OCH3 is 1. The summed E-state index contributed by atoms with van der Waals surface area (Å²) in [4.78, 5) is 11.6. The maximum Gasteiger partial charge on any atom is 0.302 e. The van der Waals surface area contributed by atoms with Gasteiger partial charge in [-0.05, 0) is 15.4 Å². The number of benzene rings is 2. The van der Waals surface area contributed by atoms with Crippen molar-refractivity contribution in [3.63, 3.8) is 0 Å². The van der Waals surface area contributed by atoms with Gasteiger partial charge >= 0.3 is 5.97 Å². The van der Waals surface area contributed by atoms with Crippen molar-refractivity contribution in [3.8, 4) is 0 Å². The Kier molecular flexibility index (Phi) is 7.13. The minimum Gasteiger partial charge on any atom is -0.459 e. The van der Waals surface area contributed by atoms with Gasteiger partial charge < -0.3 is 18.6 Å². The molecule has 0 aliphatic carbocycles. The van der Waals surface area contributed by atoms with Gasteiger partial charge in [0.1, 0.15) is 12.2 Å². The molecule has 0 unspecified atom stereocenters. The first kappa shape index (κ1) is 22.7. The van der Waals surface area contributed by atoms with Crippen LogP contribution in [0.2, 0.25) is 5.04 Å². The molecule has 1 aliphatic rings. The van der Waals surface area contributed by atoms with E-state index in [1.807, 2.05) is 12.1 Å². The molecule has 3 atom stereocenters. The number of hydrogen-bond acceptors (Lipinski definition) is 5. The highest BCUT2D eigenvalue weighted by molar-refractivity contribution is 6.99. The van der Waals surface area contributed by atoms with Crippen molar-refractivity contribution >= 4 is 24.7 Å². The first-order chi connectivity index (χ1) is 14.3. The summed E-state index contributed by atoms with van der Waals surface area (Å²) < 4.78 is 23.8. The highest BCUT2D eigenvalue weighted by Gasteiger charge is 2.51. The summed E-state index contributed by atoms with van der Waals surface area (Å²) in [6, 6.07) is 20.9. The maximum absolute atomic E-state index is 11.6. The molecule has 0 saturated carbocycles. The second-order valence-corrected chi connectivity index (χ2v) is 13.0. The molecular formula is C24H32O5Si. The van der Waals surface area contributed by atoms with Crippen molar-refractivity contribution in [1.82, 2.24) is 0 Å². The zero-order valence-corrected chi connectivity index (χ0v) is 19.5. The number of esters is 1. The highest BCUT2D eigenvalue weighted by atomic mass is 28.4. The Bertz CT molecular complexity index is 779. The van der Waals surface area contributed by atoms with E-state index in [9.17, 15) is 4.79 Å². The predicted molar refractivity (Wildman–Crippen MR) is 119 cm³/mol. The minimum atomic E-state index is -2.68. The van der Waals surface area contributed by atoms with Crippen LogP contribution in [0.5, 0.6) is 0 Å². The van der Waals surface area contributed by atoms with Crippen LogP contribution in [0.1, 0.15) is 34.1 Å². The van der Waals surface area contributed by atoms with Crippen LogP contribution in [0.3, 0.4) is 0 Å². The lowest BCUT2D eigenvalue weighted by molar-refractivity contribution is -0.152. The quantitative estimate of drug-likeness (QED) is 0.501. The van der Waals surface area contributed by atoms with Crippen LogP contribution in [0.15, 0.2) is 60.7 Å². The zero-order valence-electron chi connectivity index (χ0n) is 18.5. The highest BCUT2D eigenvalue weighted by Crippen LogP contribution is 2.37. The molecule has 2 aromatic carbocycles. The van der Waals surface area contributed by atoms with Crippen LogP contribution >= 0.6 is 0 Å². The first-order valence-corrected chi connectivity index (χ1v) is 12.3. The topological polar surface area (TPSA) is 54.0 Å². The van der Waals surface area contributed by atoms with E-state index in [-0.39, 0.29) is 23.2 Å². The van der Waals surface area contributed by atoms with Crippen molar-refractivity contribution in [2.45, 2.75) is 57.7 Å². The summed E-state index contributed by atoms with van der Waals surface area (Å²) in [5, 5.41) is 2.27. The molecule has 0 N–H and O–H groups in total. The van der Waals surface area contributed by atoms with E-state index < -0.39 is 14.6 Å². The first-order valence-electron chi connectivity index (χ1n) is 10.4. The largest absolute Gasteiger partial charge is 0.459 e. The molecule has 3 rings (SSSR count). The Morgan fingerprint density at radius 2 is 1.57 bits per heavy atom. The van der Waals surface area contributed by atoms with E-state index in [0.717, 1.165) is 0 Å². The number of carbonyl (C=O) groups is 1. The zero-order chi connectivity index (χ0) is 21.8. The van der Waals surface area contributed by atoms with Gasteiger partial charge in [0, 0.05) is 20.5 Å². The standard InChI is InChI=1S/C24H32O5Si/c1-18(25)28-21-16-23(26-5)29-22(21)17-27-30(24(2,3)4,19-12-8-6-9-13-19)20-14-10-7-11-15-20/h6-15,21-23H,16-17H2,1-5H3/t21-,22+,23+/m0/s1. The third-order valence-corrected chi connectivity index (χ3v) is 10.6. The van der Waals surface area contributed by atoms with Gasteiger partial charge in [-0.15, -0.1) is 0 Å². The van der Waals surface area contributed by atoms with E-state index in [1.54, 1.807) is 7.11 Å². The lowest BCUT2D eigenvalue weighted by Crippen LogP contribution is -2.67. The molecule has 1 fully saturated rings. The van der Waals surface area contributed by atoms with E-state index in [2.05, 4.69) is 69.3 Å². The Morgan fingerprint density at radius 3 is 2.00 bits per heavy atom. The Morgan fingerprint density at radius 1 is 1.03 bits per heavy atom. The molecule has 0 radical (unpaired) electrons. The summed E-state index contributed by atoms with van der Waals surface area (Å²) in [6.45, 7) is 8.44. The second kappa shape index (κ2) is 9.43. The van der Waals surface area contributed by atoms with E-state index in [1.165, 1.54) is 17.3 Å². The van der Waals surface area contributed by atoms with Gasteiger partial charge in [0.25, 0.3) is 8.32 Å². The number of hydrogen-bond donors (Lipinski definition) is 0. The third-order valence-electron chi connectivity index (χ3n) is 5.63. The van der Waals surface area contributed by atoms with E-state index in [0.29, 0.717) is 13.0 Å². The number of ether oxygens (including phenoxy) is 3. The second-order valence-electron chi connectivity index (χ2n) is 8.70. The Labute approximate surface area is 180 Å². The van der Waals surface area contributed by atoms with Crippen molar-refractivity contribution in [1.29, 1.82) is 0 Å². The smallest absolute Gasteiger partial charge is 0.302 e. The van der Waals surface area contributed by atoms with E-state index >= 15 is 0 Å². The average molecular weight is 429 g/mol. The van der Waals surface area contributed by atoms with Gasteiger partial charge in [-0.3, -0.25) is 4.79 Å². The fourth-order valence-electron chi connectivity index (χ4n) is 4.28. The molecule has 0 spiro atoms. The molecule has 0 aromatic heterocycles. The van der Waals surface area contributed by atoms with Crippen LogP contribution in [-0.2, 0) is 23.4 Å². The fourth-order valence-corrected chi connectivity index (χ4v) is 8.85. The predicted octanol–water partition coefficient (Wildman–Crippen LogP) is 3.26.